The van der Waals surface area contributed by atoms with E-state index >= 15 is 0 Å². The van der Waals surface area contributed by atoms with E-state index in [1.807, 2.05) is 7.05 Å². The predicted octanol–water partition coefficient (Wildman–Crippen LogP) is 6.09. The monoisotopic (exact) mass is 655 g/mol. The number of benzene rings is 1. The molecule has 0 radical (unpaired) electrons. The van der Waals surface area contributed by atoms with Crippen LogP contribution in [0.2, 0.25) is 0 Å². The number of carbonyl (C=O) groups is 1. The number of rotatable bonds is 7. The second kappa shape index (κ2) is 11.4. The van der Waals surface area contributed by atoms with Gasteiger partial charge in [0.15, 0.2) is 6.29 Å². The Morgan fingerprint density at radius 1 is 1.00 bits per heavy atom. The van der Waals surface area contributed by atoms with Gasteiger partial charge in [-0.2, -0.15) is 0 Å². The first kappa shape index (κ1) is 32.5. The molecule has 10 unspecified atom stereocenters. The lowest BCUT2D eigenvalue weighted by Crippen LogP contribution is -2.56. The third kappa shape index (κ3) is 5.14. The second-order valence-corrected chi connectivity index (χ2v) is 17.6. The minimum atomic E-state index is -0.525. The van der Waals surface area contributed by atoms with Crippen molar-refractivity contribution in [1.82, 2.24) is 9.80 Å². The summed E-state index contributed by atoms with van der Waals surface area (Å²) in [6.45, 7) is 10.1. The Morgan fingerprint density at radius 2 is 1.77 bits per heavy atom. The van der Waals surface area contributed by atoms with Gasteiger partial charge in [0.05, 0.1) is 31.9 Å². The van der Waals surface area contributed by atoms with Gasteiger partial charge in [0.1, 0.15) is 17.9 Å². The zero-order valence-electron chi connectivity index (χ0n) is 28.8. The Hall–Kier alpha value is -1.65. The van der Waals surface area contributed by atoms with E-state index in [2.05, 4.69) is 30.6 Å². The minimum Gasteiger partial charge on any atom is -0.369 e. The molecule has 2 saturated heterocycles. The van der Waals surface area contributed by atoms with Crippen molar-refractivity contribution < 1.29 is 27.8 Å². The summed E-state index contributed by atoms with van der Waals surface area (Å²) in [5.41, 5.74) is 7.43. The van der Waals surface area contributed by atoms with Crippen LogP contribution < -0.4 is 5.73 Å². The van der Waals surface area contributed by atoms with Crippen molar-refractivity contribution in [3.63, 3.8) is 0 Å². The molecule has 5 saturated carbocycles. The molecule has 1 aromatic carbocycles. The average molecular weight is 656 g/mol. The molecule has 9 heteroatoms. The average Bonchev–Trinajstić information content (AvgIpc) is 3.57. The van der Waals surface area contributed by atoms with Crippen LogP contribution in [0, 0.1) is 57.0 Å². The number of nitrogens with zero attached hydrogens (tertiary/aromatic N) is 2. The number of fused-ring (bicyclic) bond motifs is 4. The molecule has 2 aliphatic heterocycles. The Morgan fingerprint density at radius 3 is 2.53 bits per heavy atom. The second-order valence-electron chi connectivity index (χ2n) is 17.6. The zero-order valence-corrected chi connectivity index (χ0v) is 28.8. The first-order valence-corrected chi connectivity index (χ1v) is 18.4. The SMILES string of the molecule is CN(Cc1cc(F)cc(F)c1)C1CCC2C(CC3C4CCC5C(C)(C)[C@@H](OC6CN(CC(N)=O)CCO6)CCC56CC46CCC23C)O1. The lowest BCUT2D eigenvalue weighted by Gasteiger charge is -2.60. The lowest BCUT2D eigenvalue weighted by molar-refractivity contribution is -0.244. The molecular formula is C38H55F2N3O4. The molecule has 8 rings (SSSR count). The fourth-order valence-corrected chi connectivity index (χ4v) is 13.2. The fourth-order valence-electron chi connectivity index (χ4n) is 13.2. The summed E-state index contributed by atoms with van der Waals surface area (Å²) in [4.78, 5) is 15.7. The van der Waals surface area contributed by atoms with E-state index in [0.717, 1.165) is 31.2 Å². The first-order chi connectivity index (χ1) is 22.3. The van der Waals surface area contributed by atoms with Crippen LogP contribution in [0.25, 0.3) is 0 Å². The summed E-state index contributed by atoms with van der Waals surface area (Å²) in [6, 6.07) is 3.80. The maximum atomic E-state index is 13.9. The maximum Gasteiger partial charge on any atom is 0.231 e. The van der Waals surface area contributed by atoms with Crippen LogP contribution in [-0.4, -0.2) is 73.7 Å². The Balaban J connectivity index is 0.941. The number of morpholine rings is 1. The summed E-state index contributed by atoms with van der Waals surface area (Å²) in [5, 5.41) is 0. The highest BCUT2D eigenvalue weighted by atomic mass is 19.1. The van der Waals surface area contributed by atoms with Crippen LogP contribution in [0.1, 0.15) is 90.5 Å². The molecule has 7 aliphatic rings. The number of amides is 1. The highest BCUT2D eigenvalue weighted by molar-refractivity contribution is 5.75. The number of nitrogens with two attached hydrogens (primary N) is 1. The number of carbonyl (C=O) groups excluding carboxylic acids is 1. The van der Waals surface area contributed by atoms with Crippen LogP contribution in [0.5, 0.6) is 0 Å². The lowest BCUT2D eigenvalue weighted by atomic mass is 9.46. The molecule has 11 atom stereocenters. The molecule has 260 valence electrons. The van der Waals surface area contributed by atoms with Crippen molar-refractivity contribution in [1.29, 1.82) is 0 Å². The van der Waals surface area contributed by atoms with Gasteiger partial charge in [-0.25, -0.2) is 8.78 Å². The maximum absolute atomic E-state index is 13.9. The summed E-state index contributed by atoms with van der Waals surface area (Å²) >= 11 is 0. The summed E-state index contributed by atoms with van der Waals surface area (Å²) in [7, 11) is 2.03. The first-order valence-electron chi connectivity index (χ1n) is 18.4. The van der Waals surface area contributed by atoms with Crippen molar-refractivity contribution >= 4 is 5.91 Å². The van der Waals surface area contributed by atoms with Gasteiger partial charge in [-0.3, -0.25) is 14.6 Å². The van der Waals surface area contributed by atoms with Crippen LogP contribution in [0.3, 0.4) is 0 Å². The third-order valence-electron chi connectivity index (χ3n) is 15.2. The molecule has 0 aromatic heterocycles. The van der Waals surface area contributed by atoms with Gasteiger partial charge in [-0.15, -0.1) is 0 Å². The number of ether oxygens (including phenoxy) is 3. The van der Waals surface area contributed by atoms with Crippen LogP contribution in [0.15, 0.2) is 18.2 Å². The quantitative estimate of drug-likeness (QED) is 0.383. The van der Waals surface area contributed by atoms with Crippen LogP contribution in [0.4, 0.5) is 8.78 Å². The van der Waals surface area contributed by atoms with Crippen molar-refractivity contribution in [3.05, 3.63) is 35.4 Å². The van der Waals surface area contributed by atoms with Crippen molar-refractivity contribution in [2.75, 3.05) is 33.3 Å². The van der Waals surface area contributed by atoms with Gasteiger partial charge in [0.2, 0.25) is 5.91 Å². The molecule has 1 aromatic rings. The number of primary amides is 1. The van der Waals surface area contributed by atoms with Crippen LogP contribution >= 0.6 is 0 Å². The third-order valence-corrected chi connectivity index (χ3v) is 15.2. The largest absolute Gasteiger partial charge is 0.369 e. The molecule has 2 heterocycles. The van der Waals surface area contributed by atoms with E-state index in [1.165, 1.54) is 57.1 Å². The van der Waals surface area contributed by atoms with Crippen LogP contribution in [-0.2, 0) is 25.5 Å². The molecule has 7 fully saturated rings. The van der Waals surface area contributed by atoms with E-state index < -0.39 is 11.6 Å². The summed E-state index contributed by atoms with van der Waals surface area (Å²) < 4.78 is 47.5. The van der Waals surface area contributed by atoms with E-state index in [4.69, 9.17) is 19.9 Å². The summed E-state index contributed by atoms with van der Waals surface area (Å²) in [6.07, 6.45) is 12.4. The Labute approximate surface area is 279 Å². The molecule has 2 spiro atoms. The van der Waals surface area contributed by atoms with Crippen molar-refractivity contribution in [2.24, 2.45) is 51.1 Å². The Bertz CT molecular complexity index is 1370. The van der Waals surface area contributed by atoms with E-state index in [-0.39, 0.29) is 42.6 Å². The van der Waals surface area contributed by atoms with Gasteiger partial charge < -0.3 is 19.9 Å². The fraction of sp³-hybridized carbons (Fsp3) is 0.816. The van der Waals surface area contributed by atoms with Crippen molar-refractivity contribution in [2.45, 2.75) is 116 Å². The normalized spacial score (nSPS) is 45.3. The Kier molecular flexibility index (Phi) is 7.92. The van der Waals surface area contributed by atoms with Gasteiger partial charge in [0, 0.05) is 19.2 Å². The number of hydrogen-bond donors (Lipinski definition) is 1. The van der Waals surface area contributed by atoms with Gasteiger partial charge >= 0.3 is 0 Å². The molecule has 2 N–H and O–H groups in total. The number of halogens is 2. The van der Waals surface area contributed by atoms with Gasteiger partial charge in [-0.05, 0) is 134 Å². The topological polar surface area (TPSA) is 77.3 Å². The van der Waals surface area contributed by atoms with Gasteiger partial charge in [0.25, 0.3) is 0 Å². The smallest absolute Gasteiger partial charge is 0.231 e. The molecule has 0 bridgehead atoms. The highest BCUT2D eigenvalue weighted by Crippen LogP contribution is 2.87. The minimum absolute atomic E-state index is 0.0182. The van der Waals surface area contributed by atoms with E-state index in [9.17, 15) is 13.6 Å². The van der Waals surface area contributed by atoms with Crippen molar-refractivity contribution in [3.8, 4) is 0 Å². The molecule has 47 heavy (non-hydrogen) atoms. The van der Waals surface area contributed by atoms with E-state index in [0.29, 0.717) is 65.8 Å². The molecule has 7 nitrogen and oxygen atoms in total. The highest BCUT2D eigenvalue weighted by Gasteiger charge is 2.80. The molecular weight excluding hydrogens is 600 g/mol. The van der Waals surface area contributed by atoms with Gasteiger partial charge in [-0.1, -0.05) is 20.8 Å². The number of hydrogen-bond acceptors (Lipinski definition) is 6. The van der Waals surface area contributed by atoms with E-state index in [1.54, 1.807) is 0 Å². The zero-order chi connectivity index (χ0) is 32.9. The predicted molar refractivity (Wildman–Crippen MR) is 174 cm³/mol. The molecule has 1 amide bonds. The standard InChI is InChI=1S/C38H55F2N3O4/c1-35(2)30-7-5-26-28-18-29-27(6-8-33(46-29)42(4)19-23-15-24(39)17-25(40)16-23)36(28,3)11-12-37(26)22-38(30,37)10-9-31(35)47-34-21-43(13-14-45-34)20-32(41)44/h15-17,26-31,33-34H,5-14,18-22H2,1-4H3,(H2,41,44)/t26?,27?,28?,29?,30?,31-,33?,34?,36?,37?,38?/m0/s1. The summed E-state index contributed by atoms with van der Waals surface area (Å²) in [5.74, 6) is 1.38. The molecule has 5 aliphatic carbocycles.